The Balaban J connectivity index is 2.00. The average Bonchev–Trinajstić information content (AvgIpc) is 2.34. The third kappa shape index (κ3) is 3.05. The van der Waals surface area contributed by atoms with E-state index in [-0.39, 0.29) is 0 Å². The minimum atomic E-state index is 0.310. The van der Waals surface area contributed by atoms with E-state index in [1.807, 2.05) is 6.07 Å². The van der Waals surface area contributed by atoms with Crippen LogP contribution in [0.25, 0.3) is 0 Å². The second kappa shape index (κ2) is 5.31. The highest BCUT2D eigenvalue weighted by Crippen LogP contribution is 2.33. The predicted octanol–water partition coefficient (Wildman–Crippen LogP) is 3.58. The first-order valence-corrected chi connectivity index (χ1v) is 6.93. The summed E-state index contributed by atoms with van der Waals surface area (Å²) in [6.45, 7) is 11.0. The molecule has 1 aliphatic heterocycles. The summed E-state index contributed by atoms with van der Waals surface area (Å²) in [5.41, 5.74) is 1.67. The number of fused-ring (bicyclic) bond motifs is 1. The topological polar surface area (TPSA) is 21.3 Å². The number of rotatable bonds is 3. The second-order valence-corrected chi connectivity index (χ2v) is 6.37. The summed E-state index contributed by atoms with van der Waals surface area (Å²) in [7, 11) is 0. The smallest absolute Gasteiger partial charge is 0.122 e. The van der Waals surface area contributed by atoms with E-state index in [1.165, 1.54) is 5.56 Å². The molecule has 0 saturated carbocycles. The van der Waals surface area contributed by atoms with Gasteiger partial charge in [-0.3, -0.25) is 0 Å². The zero-order chi connectivity index (χ0) is 13.2. The zero-order valence-corrected chi connectivity index (χ0v) is 12.0. The highest BCUT2D eigenvalue weighted by molar-refractivity contribution is 5.37. The molecule has 0 fully saturated rings. The Morgan fingerprint density at radius 2 is 2.06 bits per heavy atom. The quantitative estimate of drug-likeness (QED) is 0.881. The Morgan fingerprint density at radius 3 is 2.78 bits per heavy atom. The third-order valence-electron chi connectivity index (χ3n) is 4.05. The summed E-state index contributed by atoms with van der Waals surface area (Å²) in [5.74, 6) is 1.65. The Kier molecular flexibility index (Phi) is 3.96. The van der Waals surface area contributed by atoms with Gasteiger partial charge in [-0.05, 0) is 30.4 Å². The van der Waals surface area contributed by atoms with Gasteiger partial charge >= 0.3 is 0 Å². The molecule has 2 heteroatoms. The predicted molar refractivity (Wildman–Crippen MR) is 76.2 cm³/mol. The fraction of sp³-hybridized carbons (Fsp3) is 0.625. The number of hydrogen-bond acceptors (Lipinski definition) is 2. The van der Waals surface area contributed by atoms with Crippen LogP contribution >= 0.6 is 0 Å². The van der Waals surface area contributed by atoms with Gasteiger partial charge in [-0.15, -0.1) is 0 Å². The number of hydrogen-bond donors (Lipinski definition) is 1. The summed E-state index contributed by atoms with van der Waals surface area (Å²) in [6.07, 6.45) is 1.11. The normalized spacial score (nSPS) is 21.0. The monoisotopic (exact) mass is 247 g/mol. The number of para-hydroxylation sites is 1. The van der Waals surface area contributed by atoms with Crippen molar-refractivity contribution < 1.29 is 4.74 Å². The van der Waals surface area contributed by atoms with Gasteiger partial charge in [0.05, 0.1) is 6.61 Å². The molecule has 100 valence electrons. The molecule has 0 radical (unpaired) electrons. The van der Waals surface area contributed by atoms with Crippen LogP contribution in [0.3, 0.4) is 0 Å². The van der Waals surface area contributed by atoms with E-state index in [0.717, 1.165) is 25.3 Å². The Labute approximate surface area is 111 Å². The van der Waals surface area contributed by atoms with Gasteiger partial charge in [0, 0.05) is 18.5 Å². The SMILES string of the molecule is CC(NCC1CCOc2ccccc21)C(C)(C)C. The molecule has 0 bridgehead atoms. The van der Waals surface area contributed by atoms with Crippen LogP contribution in [0.2, 0.25) is 0 Å². The lowest BCUT2D eigenvalue weighted by atomic mass is 9.87. The molecule has 0 amide bonds. The van der Waals surface area contributed by atoms with E-state index < -0.39 is 0 Å². The third-order valence-corrected chi connectivity index (χ3v) is 4.05. The molecule has 2 nitrogen and oxygen atoms in total. The fourth-order valence-electron chi connectivity index (χ4n) is 2.25. The molecule has 0 aromatic heterocycles. The van der Waals surface area contributed by atoms with Crippen LogP contribution in [0.1, 0.15) is 45.6 Å². The van der Waals surface area contributed by atoms with Gasteiger partial charge in [-0.2, -0.15) is 0 Å². The van der Waals surface area contributed by atoms with Gasteiger partial charge < -0.3 is 10.1 Å². The van der Waals surface area contributed by atoms with Crippen LogP contribution in [-0.2, 0) is 0 Å². The van der Waals surface area contributed by atoms with Crippen molar-refractivity contribution in [2.24, 2.45) is 5.41 Å². The zero-order valence-electron chi connectivity index (χ0n) is 12.0. The minimum absolute atomic E-state index is 0.310. The Morgan fingerprint density at radius 1 is 1.33 bits per heavy atom. The van der Waals surface area contributed by atoms with Crippen molar-refractivity contribution in [3.05, 3.63) is 29.8 Å². The van der Waals surface area contributed by atoms with Crippen molar-refractivity contribution in [1.82, 2.24) is 5.32 Å². The van der Waals surface area contributed by atoms with Gasteiger partial charge in [0.2, 0.25) is 0 Å². The largest absolute Gasteiger partial charge is 0.493 e. The summed E-state index contributed by atoms with van der Waals surface area (Å²) in [6, 6.07) is 8.95. The standard InChI is InChI=1S/C16H25NO/c1-12(16(2,3)4)17-11-13-9-10-18-15-8-6-5-7-14(13)15/h5-8,12-13,17H,9-11H2,1-4H3. The molecule has 0 saturated heterocycles. The second-order valence-electron chi connectivity index (χ2n) is 6.37. The Bertz CT molecular complexity index is 394. The van der Waals surface area contributed by atoms with E-state index in [4.69, 9.17) is 4.74 Å². The van der Waals surface area contributed by atoms with Crippen molar-refractivity contribution in [2.45, 2.75) is 46.1 Å². The van der Waals surface area contributed by atoms with Crippen LogP contribution in [0, 0.1) is 5.41 Å². The average molecular weight is 247 g/mol. The lowest BCUT2D eigenvalue weighted by molar-refractivity contribution is 0.245. The lowest BCUT2D eigenvalue weighted by Gasteiger charge is -2.32. The molecular formula is C16H25NO. The molecule has 2 atom stereocenters. The van der Waals surface area contributed by atoms with Crippen molar-refractivity contribution in [1.29, 1.82) is 0 Å². The molecule has 1 aromatic carbocycles. The maximum absolute atomic E-state index is 5.70. The molecule has 18 heavy (non-hydrogen) atoms. The van der Waals surface area contributed by atoms with Crippen molar-refractivity contribution in [2.75, 3.05) is 13.2 Å². The van der Waals surface area contributed by atoms with Gasteiger partial charge in [-0.25, -0.2) is 0 Å². The molecular weight excluding hydrogens is 222 g/mol. The first-order valence-electron chi connectivity index (χ1n) is 6.93. The van der Waals surface area contributed by atoms with Crippen molar-refractivity contribution in [3.63, 3.8) is 0 Å². The number of ether oxygens (including phenoxy) is 1. The number of nitrogens with one attached hydrogen (secondary N) is 1. The highest BCUT2D eigenvalue weighted by Gasteiger charge is 2.24. The first-order chi connectivity index (χ1) is 8.48. The molecule has 2 unspecified atom stereocenters. The van der Waals surface area contributed by atoms with Crippen LogP contribution in [-0.4, -0.2) is 19.2 Å². The Hall–Kier alpha value is -1.02. The molecule has 1 aliphatic rings. The van der Waals surface area contributed by atoms with Crippen molar-refractivity contribution in [3.8, 4) is 5.75 Å². The minimum Gasteiger partial charge on any atom is -0.493 e. The molecule has 0 spiro atoms. The van der Waals surface area contributed by atoms with Gasteiger partial charge in [0.1, 0.15) is 5.75 Å². The van der Waals surface area contributed by atoms with E-state index in [9.17, 15) is 0 Å². The molecule has 2 rings (SSSR count). The molecule has 1 N–H and O–H groups in total. The van der Waals surface area contributed by atoms with Gasteiger partial charge in [0.25, 0.3) is 0 Å². The van der Waals surface area contributed by atoms with Crippen LogP contribution in [0.4, 0.5) is 0 Å². The van der Waals surface area contributed by atoms with Gasteiger partial charge in [-0.1, -0.05) is 39.0 Å². The highest BCUT2D eigenvalue weighted by atomic mass is 16.5. The molecule has 0 aliphatic carbocycles. The molecule has 1 aromatic rings. The summed E-state index contributed by atoms with van der Waals surface area (Å²) >= 11 is 0. The summed E-state index contributed by atoms with van der Waals surface area (Å²) in [4.78, 5) is 0. The van der Waals surface area contributed by atoms with Crippen LogP contribution in [0.15, 0.2) is 24.3 Å². The first kappa shape index (κ1) is 13.4. The van der Waals surface area contributed by atoms with Gasteiger partial charge in [0.15, 0.2) is 0 Å². The lowest BCUT2D eigenvalue weighted by Crippen LogP contribution is -2.40. The fourth-order valence-corrected chi connectivity index (χ4v) is 2.25. The maximum atomic E-state index is 5.70. The van der Waals surface area contributed by atoms with E-state index in [2.05, 4.69) is 51.2 Å². The molecule has 1 heterocycles. The summed E-state index contributed by atoms with van der Waals surface area (Å²) in [5, 5.41) is 3.68. The van der Waals surface area contributed by atoms with Crippen LogP contribution < -0.4 is 10.1 Å². The number of benzene rings is 1. The van der Waals surface area contributed by atoms with E-state index in [0.29, 0.717) is 17.4 Å². The summed E-state index contributed by atoms with van der Waals surface area (Å²) < 4.78 is 5.70. The van der Waals surface area contributed by atoms with Crippen LogP contribution in [0.5, 0.6) is 5.75 Å². The van der Waals surface area contributed by atoms with Crippen molar-refractivity contribution >= 4 is 0 Å². The van der Waals surface area contributed by atoms with E-state index in [1.54, 1.807) is 0 Å². The van der Waals surface area contributed by atoms with E-state index >= 15 is 0 Å². The maximum Gasteiger partial charge on any atom is 0.122 e.